The SMILES string of the molecule is CC/C=C\C/C=C\C/C=C\C/C=C\C/C=C\C/C=C\C/C=C\C/C=C\CCCCCCCCCCCCCCCCCCC(=O)NC(COC1OC(CO)C(OC2OC(CO)C(O)C(O)C2O)C(O)C1O)C(O)/C=C/CC/C=C/CCCCCCCCCCCCCCCCCC. The summed E-state index contributed by atoms with van der Waals surface area (Å²) in [5.41, 5.74) is 0. The number of carbonyl (C=O) groups excluding carboxylic acids is 1. The van der Waals surface area contributed by atoms with Crippen molar-refractivity contribution >= 4 is 5.91 Å². The largest absolute Gasteiger partial charge is 0.394 e. The van der Waals surface area contributed by atoms with Crippen LogP contribution in [0.1, 0.15) is 303 Å². The van der Waals surface area contributed by atoms with E-state index in [9.17, 15) is 45.6 Å². The second-order valence-corrected chi connectivity index (χ2v) is 27.1. The van der Waals surface area contributed by atoms with Crippen molar-refractivity contribution in [2.45, 2.75) is 376 Å². The zero-order chi connectivity index (χ0) is 70.1. The Labute approximate surface area is 590 Å². The third kappa shape index (κ3) is 48.8. The predicted octanol–water partition coefficient (Wildman–Crippen LogP) is 17.6. The van der Waals surface area contributed by atoms with Crippen LogP contribution in [-0.2, 0) is 23.7 Å². The van der Waals surface area contributed by atoms with Crippen molar-refractivity contribution in [3.05, 3.63) is 122 Å². The minimum absolute atomic E-state index is 0.249. The van der Waals surface area contributed by atoms with E-state index in [2.05, 4.69) is 129 Å². The molecule has 2 fully saturated rings. The number of nitrogens with one attached hydrogen (secondary N) is 1. The molecule has 0 aliphatic carbocycles. The Balaban J connectivity index is 1.61. The van der Waals surface area contributed by atoms with Gasteiger partial charge in [-0.1, -0.05) is 322 Å². The summed E-state index contributed by atoms with van der Waals surface area (Å²) in [6, 6.07) is -0.939. The van der Waals surface area contributed by atoms with Crippen LogP contribution in [-0.4, -0.2) is 140 Å². The molecule has 14 nitrogen and oxygen atoms in total. The third-order valence-electron chi connectivity index (χ3n) is 18.4. The van der Waals surface area contributed by atoms with E-state index in [0.29, 0.717) is 12.8 Å². The number of allylic oxidation sites excluding steroid dienone is 19. The summed E-state index contributed by atoms with van der Waals surface area (Å²) in [4.78, 5) is 13.4. The normalized spacial score (nSPS) is 22.8. The molecule has 97 heavy (non-hydrogen) atoms. The molecule has 0 aromatic carbocycles. The van der Waals surface area contributed by atoms with E-state index in [-0.39, 0.29) is 18.9 Å². The third-order valence-corrected chi connectivity index (χ3v) is 18.4. The molecule has 0 aromatic rings. The van der Waals surface area contributed by atoms with Crippen LogP contribution in [0, 0.1) is 0 Å². The Morgan fingerprint density at radius 1 is 0.381 bits per heavy atom. The minimum atomic E-state index is -1.80. The van der Waals surface area contributed by atoms with Gasteiger partial charge in [0.2, 0.25) is 5.91 Å². The highest BCUT2D eigenvalue weighted by atomic mass is 16.7. The molecule has 558 valence electrons. The molecule has 0 aromatic heterocycles. The molecule has 14 heteroatoms. The molecule has 12 atom stereocenters. The number of unbranched alkanes of at least 4 members (excludes halogenated alkanes) is 33. The number of aliphatic hydroxyl groups is 8. The zero-order valence-electron chi connectivity index (χ0n) is 61.0. The van der Waals surface area contributed by atoms with Gasteiger partial charge in [0, 0.05) is 6.42 Å². The van der Waals surface area contributed by atoms with Gasteiger partial charge in [-0.25, -0.2) is 0 Å². The Morgan fingerprint density at radius 3 is 1.13 bits per heavy atom. The Kier molecular flexibility index (Phi) is 60.6. The van der Waals surface area contributed by atoms with Crippen LogP contribution in [0.5, 0.6) is 0 Å². The van der Waals surface area contributed by atoms with Crippen LogP contribution >= 0.6 is 0 Å². The maximum absolute atomic E-state index is 13.4. The average molecular weight is 1360 g/mol. The van der Waals surface area contributed by atoms with Crippen molar-refractivity contribution in [3.63, 3.8) is 0 Å². The first-order valence-electron chi connectivity index (χ1n) is 39.3. The van der Waals surface area contributed by atoms with Gasteiger partial charge >= 0.3 is 0 Å². The van der Waals surface area contributed by atoms with Gasteiger partial charge in [0.25, 0.3) is 0 Å². The first-order chi connectivity index (χ1) is 47.6. The van der Waals surface area contributed by atoms with E-state index in [1.54, 1.807) is 6.08 Å². The summed E-state index contributed by atoms with van der Waals surface area (Å²) in [5.74, 6) is -0.249. The summed E-state index contributed by atoms with van der Waals surface area (Å²) in [6.07, 6.45) is 79.9. The fourth-order valence-corrected chi connectivity index (χ4v) is 12.2. The van der Waals surface area contributed by atoms with Crippen molar-refractivity contribution in [1.29, 1.82) is 0 Å². The van der Waals surface area contributed by atoms with Crippen molar-refractivity contribution in [2.24, 2.45) is 0 Å². The molecule has 12 unspecified atom stereocenters. The molecule has 2 saturated heterocycles. The van der Waals surface area contributed by atoms with Crippen LogP contribution in [0.2, 0.25) is 0 Å². The molecular weight excluding hydrogens is 1220 g/mol. The fraction of sp³-hybridized carbons (Fsp3) is 0.747. The van der Waals surface area contributed by atoms with Gasteiger partial charge in [0.05, 0.1) is 32.0 Å². The van der Waals surface area contributed by atoms with E-state index in [1.807, 2.05) is 6.08 Å². The second kappa shape index (κ2) is 65.7. The zero-order valence-corrected chi connectivity index (χ0v) is 61.0. The smallest absolute Gasteiger partial charge is 0.220 e. The number of ether oxygens (including phenoxy) is 4. The lowest BCUT2D eigenvalue weighted by atomic mass is 9.97. The maximum Gasteiger partial charge on any atom is 0.220 e. The second-order valence-electron chi connectivity index (χ2n) is 27.1. The van der Waals surface area contributed by atoms with Crippen LogP contribution in [0.15, 0.2) is 122 Å². The van der Waals surface area contributed by atoms with E-state index < -0.39 is 86.8 Å². The first-order valence-corrected chi connectivity index (χ1v) is 39.3. The van der Waals surface area contributed by atoms with Gasteiger partial charge < -0.3 is 65.1 Å². The van der Waals surface area contributed by atoms with Crippen LogP contribution in [0.3, 0.4) is 0 Å². The number of aliphatic hydroxyl groups excluding tert-OH is 8. The molecule has 1 amide bonds. The van der Waals surface area contributed by atoms with E-state index >= 15 is 0 Å². The number of rotatable bonds is 64. The lowest BCUT2D eigenvalue weighted by Gasteiger charge is -2.46. The molecule has 2 rings (SSSR count). The molecule has 0 saturated carbocycles. The minimum Gasteiger partial charge on any atom is -0.394 e. The van der Waals surface area contributed by atoms with Crippen LogP contribution in [0.4, 0.5) is 0 Å². The van der Waals surface area contributed by atoms with Gasteiger partial charge in [-0.3, -0.25) is 4.79 Å². The molecule has 2 aliphatic heterocycles. The lowest BCUT2D eigenvalue weighted by molar-refractivity contribution is -0.359. The fourth-order valence-electron chi connectivity index (χ4n) is 12.2. The van der Waals surface area contributed by atoms with Crippen molar-refractivity contribution < 1.29 is 64.6 Å². The molecule has 0 spiro atoms. The molecule has 2 aliphatic rings. The number of hydrogen-bond acceptors (Lipinski definition) is 13. The molecule has 0 radical (unpaired) electrons. The summed E-state index contributed by atoms with van der Waals surface area (Å²) < 4.78 is 22.9. The van der Waals surface area contributed by atoms with Gasteiger partial charge in [0.15, 0.2) is 12.6 Å². The molecular formula is C83H143NO13. The highest BCUT2D eigenvalue weighted by molar-refractivity contribution is 5.76. The van der Waals surface area contributed by atoms with Crippen molar-refractivity contribution in [2.75, 3.05) is 19.8 Å². The first kappa shape index (κ1) is 89.5. The average Bonchev–Trinajstić information content (AvgIpc) is 0.794. The molecule has 9 N–H and O–H groups in total. The number of amides is 1. The summed E-state index contributed by atoms with van der Waals surface area (Å²) in [6.45, 7) is 2.69. The lowest BCUT2D eigenvalue weighted by Crippen LogP contribution is -2.65. The number of hydrogen-bond donors (Lipinski definition) is 9. The van der Waals surface area contributed by atoms with Gasteiger partial charge in [-0.05, 0) is 96.3 Å². The summed E-state index contributed by atoms with van der Waals surface area (Å²) in [7, 11) is 0. The standard InChI is InChI=1S/C83H143NO13/c1-3-5-7-9-11-13-15-17-19-21-23-25-27-28-29-30-31-32-33-34-35-36-37-38-39-40-41-42-43-44-45-47-49-51-53-55-57-59-61-63-65-67-75(88)84-71(70-94-82-80(93)78(91)81(74(69-86)96-82)97-83-79(92)77(90)76(89)73(68-85)95-83)72(87)66-64-62-60-58-56-54-52-50-48-46-26-24-22-20-18-16-14-12-10-8-6-4-2/h5,7,11,13,17,19,23,25,28-29,31-32,34-35,37-38,56,58,64,66,71-74,76-83,85-87,89-93H,3-4,6,8-10,12,14-16,18,20-22,24,26-27,30,33,36,39-55,57,59-63,65,67-70H2,1-2H3,(H,84,88)/b7-5-,13-11-,19-17-,25-23-,29-28-,32-31-,35-34-,38-37-,58-56+,66-64+. The van der Waals surface area contributed by atoms with Crippen LogP contribution in [0.25, 0.3) is 0 Å². The summed E-state index contributed by atoms with van der Waals surface area (Å²) in [5, 5.41) is 87.6. The monoisotopic (exact) mass is 1360 g/mol. The van der Waals surface area contributed by atoms with E-state index in [0.717, 1.165) is 83.5 Å². The predicted molar refractivity (Wildman–Crippen MR) is 401 cm³/mol. The Morgan fingerprint density at radius 2 is 0.722 bits per heavy atom. The molecule has 2 heterocycles. The topological polar surface area (TPSA) is 228 Å². The van der Waals surface area contributed by atoms with Crippen molar-refractivity contribution in [1.82, 2.24) is 5.32 Å². The Hall–Kier alpha value is -3.61. The van der Waals surface area contributed by atoms with Gasteiger partial charge in [0.1, 0.15) is 48.8 Å². The van der Waals surface area contributed by atoms with E-state index in [4.69, 9.17) is 18.9 Å². The van der Waals surface area contributed by atoms with Gasteiger partial charge in [-0.15, -0.1) is 0 Å². The highest BCUT2D eigenvalue weighted by Crippen LogP contribution is 2.30. The summed E-state index contributed by atoms with van der Waals surface area (Å²) >= 11 is 0. The quantitative estimate of drug-likeness (QED) is 0.0204. The van der Waals surface area contributed by atoms with Gasteiger partial charge in [-0.2, -0.15) is 0 Å². The van der Waals surface area contributed by atoms with Crippen LogP contribution < -0.4 is 5.32 Å². The van der Waals surface area contributed by atoms with Crippen molar-refractivity contribution in [3.8, 4) is 0 Å². The van der Waals surface area contributed by atoms with E-state index in [1.165, 1.54) is 186 Å². The highest BCUT2D eigenvalue weighted by Gasteiger charge is 2.51. The maximum atomic E-state index is 13.4. The Bertz CT molecular complexity index is 2100. The molecule has 0 bridgehead atoms. The number of carbonyl (C=O) groups is 1.